The molecule has 0 atom stereocenters. The summed E-state index contributed by atoms with van der Waals surface area (Å²) in [5, 5.41) is 4.02. The van der Waals surface area contributed by atoms with E-state index in [4.69, 9.17) is 21.1 Å². The second-order valence-electron chi connectivity index (χ2n) is 5.18. The van der Waals surface area contributed by atoms with E-state index in [0.29, 0.717) is 12.1 Å². The largest absolute Gasteiger partial charge is 0.493 e. The molecule has 0 saturated carbocycles. The minimum atomic E-state index is -3.03. The van der Waals surface area contributed by atoms with Gasteiger partial charge in [-0.2, -0.15) is 13.9 Å². The molecule has 0 aliphatic heterocycles. The van der Waals surface area contributed by atoms with E-state index in [0.717, 1.165) is 5.56 Å². The Labute approximate surface area is 148 Å². The molecule has 0 radical (unpaired) electrons. The number of benzene rings is 1. The van der Waals surface area contributed by atoms with Gasteiger partial charge in [0.1, 0.15) is 6.61 Å². The van der Waals surface area contributed by atoms with E-state index in [1.54, 1.807) is 10.9 Å². The summed E-state index contributed by atoms with van der Waals surface area (Å²) in [7, 11) is 1.30. The molecule has 25 heavy (non-hydrogen) atoms. The third-order valence-corrected chi connectivity index (χ3v) is 3.48. The third kappa shape index (κ3) is 5.60. The third-order valence-electron chi connectivity index (χ3n) is 3.20. The maximum Gasteiger partial charge on any atom is 0.387 e. The van der Waals surface area contributed by atoms with Gasteiger partial charge in [0.15, 0.2) is 11.5 Å². The molecule has 136 valence electrons. The fraction of sp³-hybridized carbons (Fsp3) is 0.375. The maximum atomic E-state index is 12.4. The molecule has 0 saturated heterocycles. The number of esters is 1. The number of methoxy groups -OCH3 is 1. The lowest BCUT2D eigenvalue weighted by Crippen LogP contribution is -2.10. The molecule has 0 spiro atoms. The minimum Gasteiger partial charge on any atom is -0.493 e. The van der Waals surface area contributed by atoms with E-state index in [9.17, 15) is 13.6 Å². The van der Waals surface area contributed by atoms with Crippen molar-refractivity contribution in [3.63, 3.8) is 0 Å². The Morgan fingerprint density at radius 3 is 2.76 bits per heavy atom. The highest BCUT2D eigenvalue weighted by atomic mass is 35.5. The van der Waals surface area contributed by atoms with Gasteiger partial charge in [-0.15, -0.1) is 0 Å². The van der Waals surface area contributed by atoms with Gasteiger partial charge in [0, 0.05) is 6.20 Å². The summed E-state index contributed by atoms with van der Waals surface area (Å²) < 4.78 is 40.9. The second-order valence-corrected chi connectivity index (χ2v) is 5.59. The molecule has 1 aromatic carbocycles. The fourth-order valence-corrected chi connectivity index (χ4v) is 2.37. The minimum absolute atomic E-state index is 0.0332. The zero-order valence-electron chi connectivity index (χ0n) is 13.7. The lowest BCUT2D eigenvalue weighted by atomic mass is 10.2. The van der Waals surface area contributed by atoms with Crippen LogP contribution in [0.25, 0.3) is 0 Å². The molecule has 1 aromatic heterocycles. The molecule has 6 nitrogen and oxygen atoms in total. The van der Waals surface area contributed by atoms with Crippen LogP contribution in [-0.2, 0) is 22.7 Å². The average molecular weight is 375 g/mol. The van der Waals surface area contributed by atoms with Gasteiger partial charge in [-0.3, -0.25) is 9.48 Å². The molecule has 0 aliphatic rings. The summed E-state index contributed by atoms with van der Waals surface area (Å²) in [6, 6.07) is 2.81. The van der Waals surface area contributed by atoms with Gasteiger partial charge in [-0.25, -0.2) is 0 Å². The van der Waals surface area contributed by atoms with E-state index in [1.807, 2.05) is 13.1 Å². The number of halogens is 3. The Balaban J connectivity index is 1.93. The summed E-state index contributed by atoms with van der Waals surface area (Å²) >= 11 is 5.93. The van der Waals surface area contributed by atoms with Crippen molar-refractivity contribution < 1.29 is 27.8 Å². The Hall–Kier alpha value is -2.35. The molecule has 0 N–H and O–H groups in total. The van der Waals surface area contributed by atoms with Crippen LogP contribution in [-0.4, -0.2) is 29.5 Å². The summed E-state index contributed by atoms with van der Waals surface area (Å²) in [5.74, 6) is -0.648. The predicted octanol–water partition coefficient (Wildman–Crippen LogP) is 3.59. The van der Waals surface area contributed by atoms with Gasteiger partial charge in [-0.1, -0.05) is 11.6 Å². The van der Waals surface area contributed by atoms with Crippen molar-refractivity contribution in [2.75, 3.05) is 7.11 Å². The summed E-state index contributed by atoms with van der Waals surface area (Å²) in [6.07, 6.45) is 3.67. The molecular weight excluding hydrogens is 358 g/mol. The smallest absolute Gasteiger partial charge is 0.387 e. The van der Waals surface area contributed by atoms with E-state index in [-0.39, 0.29) is 29.5 Å². The predicted molar refractivity (Wildman–Crippen MR) is 86.0 cm³/mol. The van der Waals surface area contributed by atoms with Gasteiger partial charge in [0.05, 0.1) is 31.3 Å². The SMILES string of the molecule is COc1cc(COC(=O)CCn2cc(C)cn2)cc(Cl)c1OC(F)F. The van der Waals surface area contributed by atoms with Crippen molar-refractivity contribution >= 4 is 17.6 Å². The van der Waals surface area contributed by atoms with Crippen LogP contribution in [0.4, 0.5) is 8.78 Å². The molecule has 1 heterocycles. The van der Waals surface area contributed by atoms with E-state index >= 15 is 0 Å². The zero-order chi connectivity index (χ0) is 18.4. The van der Waals surface area contributed by atoms with Crippen LogP contribution in [0, 0.1) is 6.92 Å². The highest BCUT2D eigenvalue weighted by molar-refractivity contribution is 6.32. The monoisotopic (exact) mass is 374 g/mol. The molecule has 0 amide bonds. The first-order valence-corrected chi connectivity index (χ1v) is 7.72. The molecule has 2 rings (SSSR count). The van der Waals surface area contributed by atoms with Crippen LogP contribution in [0.15, 0.2) is 24.5 Å². The molecular formula is C16H17ClF2N2O4. The van der Waals surface area contributed by atoms with Crippen LogP contribution < -0.4 is 9.47 Å². The van der Waals surface area contributed by atoms with Crippen LogP contribution in [0.5, 0.6) is 11.5 Å². The van der Waals surface area contributed by atoms with Crippen LogP contribution in [0.3, 0.4) is 0 Å². The number of hydrogen-bond donors (Lipinski definition) is 0. The van der Waals surface area contributed by atoms with Crippen molar-refractivity contribution in [3.05, 3.63) is 40.7 Å². The number of alkyl halides is 2. The number of ether oxygens (including phenoxy) is 3. The highest BCUT2D eigenvalue weighted by Gasteiger charge is 2.17. The van der Waals surface area contributed by atoms with Crippen molar-refractivity contribution in [1.29, 1.82) is 0 Å². The van der Waals surface area contributed by atoms with E-state index in [2.05, 4.69) is 9.84 Å². The summed E-state index contributed by atoms with van der Waals surface area (Å²) in [6.45, 7) is -0.790. The molecule has 0 bridgehead atoms. The van der Waals surface area contributed by atoms with Gasteiger partial charge in [0.2, 0.25) is 0 Å². The van der Waals surface area contributed by atoms with Crippen molar-refractivity contribution in [1.82, 2.24) is 9.78 Å². The Morgan fingerprint density at radius 1 is 1.40 bits per heavy atom. The lowest BCUT2D eigenvalue weighted by molar-refractivity contribution is -0.145. The van der Waals surface area contributed by atoms with Gasteiger partial charge < -0.3 is 14.2 Å². The molecule has 0 aliphatic carbocycles. The highest BCUT2D eigenvalue weighted by Crippen LogP contribution is 2.37. The first-order chi connectivity index (χ1) is 11.9. The van der Waals surface area contributed by atoms with Gasteiger partial charge in [0.25, 0.3) is 0 Å². The normalized spacial score (nSPS) is 10.8. The maximum absolute atomic E-state index is 12.4. The number of carbonyl (C=O) groups is 1. The van der Waals surface area contributed by atoms with Crippen molar-refractivity contribution in [2.24, 2.45) is 0 Å². The van der Waals surface area contributed by atoms with Crippen LogP contribution in [0.2, 0.25) is 5.02 Å². The first-order valence-electron chi connectivity index (χ1n) is 7.35. The number of carbonyl (C=O) groups excluding carboxylic acids is 1. The fourth-order valence-electron chi connectivity index (χ4n) is 2.09. The van der Waals surface area contributed by atoms with Crippen molar-refractivity contribution in [3.8, 4) is 11.5 Å². The Kier molecular flexibility index (Phi) is 6.58. The summed E-state index contributed by atoms with van der Waals surface area (Å²) in [4.78, 5) is 11.8. The van der Waals surface area contributed by atoms with Crippen molar-refractivity contribution in [2.45, 2.75) is 33.1 Å². The topological polar surface area (TPSA) is 62.6 Å². The van der Waals surface area contributed by atoms with Crippen LogP contribution >= 0.6 is 11.6 Å². The van der Waals surface area contributed by atoms with E-state index in [1.165, 1.54) is 19.2 Å². The van der Waals surface area contributed by atoms with Crippen LogP contribution in [0.1, 0.15) is 17.5 Å². The molecule has 2 aromatic rings. The van der Waals surface area contributed by atoms with Gasteiger partial charge >= 0.3 is 12.6 Å². The van der Waals surface area contributed by atoms with Gasteiger partial charge in [-0.05, 0) is 30.2 Å². The number of aryl methyl sites for hydroxylation is 2. The standard InChI is InChI=1S/C16H17ClF2N2O4/c1-10-7-20-21(8-10)4-3-14(22)24-9-11-5-12(17)15(25-16(18)19)13(6-11)23-2/h5-8,16H,3-4,9H2,1-2H3. The molecule has 9 heteroatoms. The Bertz CT molecular complexity index is 737. The zero-order valence-corrected chi connectivity index (χ0v) is 14.4. The van der Waals surface area contributed by atoms with E-state index < -0.39 is 12.6 Å². The number of aromatic nitrogens is 2. The molecule has 0 fully saturated rings. The first kappa shape index (κ1) is 19.0. The number of nitrogens with zero attached hydrogens (tertiary/aromatic N) is 2. The number of hydrogen-bond acceptors (Lipinski definition) is 5. The quantitative estimate of drug-likeness (QED) is 0.661. The molecule has 0 unspecified atom stereocenters. The average Bonchev–Trinajstić information content (AvgIpc) is 2.98. The summed E-state index contributed by atoms with van der Waals surface area (Å²) in [5.41, 5.74) is 1.49. The second kappa shape index (κ2) is 8.66. The Morgan fingerprint density at radius 2 is 2.16 bits per heavy atom. The lowest BCUT2D eigenvalue weighted by Gasteiger charge is -2.13. The number of rotatable bonds is 8.